The van der Waals surface area contributed by atoms with Gasteiger partial charge in [0.05, 0.1) is 23.1 Å². The van der Waals surface area contributed by atoms with E-state index in [1.54, 1.807) is 13.1 Å². The highest BCUT2D eigenvalue weighted by molar-refractivity contribution is 5.95. The number of hydrogen-bond donors (Lipinski definition) is 2. The van der Waals surface area contributed by atoms with Gasteiger partial charge in [0, 0.05) is 44.9 Å². The van der Waals surface area contributed by atoms with E-state index < -0.39 is 0 Å². The molecule has 0 aliphatic carbocycles. The minimum atomic E-state index is -0.122. The van der Waals surface area contributed by atoms with Crippen molar-refractivity contribution < 1.29 is 9.59 Å². The zero-order valence-electron chi connectivity index (χ0n) is 16.2. The van der Waals surface area contributed by atoms with Crippen LogP contribution >= 0.6 is 0 Å². The van der Waals surface area contributed by atoms with Crippen molar-refractivity contribution in [2.24, 2.45) is 7.05 Å². The maximum absolute atomic E-state index is 12.8. The smallest absolute Gasteiger partial charge is 0.253 e. The molecule has 1 saturated heterocycles. The Balaban J connectivity index is 1.48. The van der Waals surface area contributed by atoms with E-state index in [9.17, 15) is 9.59 Å². The molecule has 0 radical (unpaired) electrons. The lowest BCUT2D eigenvalue weighted by molar-refractivity contribution is -0.130. The third-order valence-electron chi connectivity index (χ3n) is 5.59. The van der Waals surface area contributed by atoms with Crippen LogP contribution in [0.1, 0.15) is 47.6 Å². The minimum absolute atomic E-state index is 0.0871. The Bertz CT molecular complexity index is 1020. The molecule has 2 N–H and O–H groups in total. The van der Waals surface area contributed by atoms with Gasteiger partial charge in [-0.1, -0.05) is 12.1 Å². The molecule has 2 amide bonds. The molecular weight excluding hydrogens is 354 g/mol. The fourth-order valence-electron chi connectivity index (χ4n) is 4.02. The Kier molecular flexibility index (Phi) is 4.90. The van der Waals surface area contributed by atoms with Crippen LogP contribution in [0, 0.1) is 0 Å². The second-order valence-corrected chi connectivity index (χ2v) is 7.37. The van der Waals surface area contributed by atoms with Crippen molar-refractivity contribution in [3.63, 3.8) is 0 Å². The maximum Gasteiger partial charge on any atom is 0.253 e. The summed E-state index contributed by atoms with van der Waals surface area (Å²) in [5, 5.41) is 2.99. The van der Waals surface area contributed by atoms with Crippen molar-refractivity contribution in [2.45, 2.75) is 32.2 Å². The van der Waals surface area contributed by atoms with Crippen LogP contribution in [-0.4, -0.2) is 44.3 Å². The number of para-hydroxylation sites is 2. The summed E-state index contributed by atoms with van der Waals surface area (Å²) in [6.45, 7) is 3.40. The van der Waals surface area contributed by atoms with Crippen LogP contribution in [0.4, 0.5) is 0 Å². The topological polar surface area (TPSA) is 83.0 Å². The van der Waals surface area contributed by atoms with E-state index in [1.807, 2.05) is 46.8 Å². The van der Waals surface area contributed by atoms with Crippen molar-refractivity contribution in [2.75, 3.05) is 13.1 Å². The summed E-state index contributed by atoms with van der Waals surface area (Å²) in [4.78, 5) is 34.2. The Morgan fingerprint density at radius 2 is 2.11 bits per heavy atom. The molecule has 7 heteroatoms. The zero-order valence-corrected chi connectivity index (χ0v) is 16.2. The standard InChI is InChI=1S/C21H25N5O2/c1-14(27)26-11-5-6-15(13-26)20-16(9-10-22-20)21(28)23-12-19-24-17-7-3-4-8-18(17)25(19)2/h3-4,7-10,15,22H,5-6,11-13H2,1-2H3,(H,23,28). The summed E-state index contributed by atoms with van der Waals surface area (Å²) < 4.78 is 2.00. The van der Waals surface area contributed by atoms with Gasteiger partial charge in [-0.05, 0) is 31.0 Å². The number of hydrogen-bond acceptors (Lipinski definition) is 3. The molecule has 1 aliphatic heterocycles. The van der Waals surface area contributed by atoms with Gasteiger partial charge in [-0.15, -0.1) is 0 Å². The summed E-state index contributed by atoms with van der Waals surface area (Å²) in [6.07, 6.45) is 3.71. The van der Waals surface area contributed by atoms with E-state index in [2.05, 4.69) is 15.3 Å². The molecule has 4 rings (SSSR count). The number of amides is 2. The van der Waals surface area contributed by atoms with Gasteiger partial charge < -0.3 is 19.8 Å². The Morgan fingerprint density at radius 3 is 2.89 bits per heavy atom. The first kappa shape index (κ1) is 18.3. The van der Waals surface area contributed by atoms with Gasteiger partial charge in [0.1, 0.15) is 5.82 Å². The molecule has 1 fully saturated rings. The quantitative estimate of drug-likeness (QED) is 0.731. The summed E-state index contributed by atoms with van der Waals surface area (Å²) in [7, 11) is 1.96. The van der Waals surface area contributed by atoms with Crippen molar-refractivity contribution in [1.82, 2.24) is 24.8 Å². The normalized spacial score (nSPS) is 17.1. The fourth-order valence-corrected chi connectivity index (χ4v) is 4.02. The van der Waals surface area contributed by atoms with E-state index in [0.29, 0.717) is 18.7 Å². The lowest BCUT2D eigenvalue weighted by Gasteiger charge is -2.32. The van der Waals surface area contributed by atoms with Crippen LogP contribution in [0.2, 0.25) is 0 Å². The average molecular weight is 379 g/mol. The molecule has 0 spiro atoms. The minimum Gasteiger partial charge on any atom is -0.364 e. The van der Waals surface area contributed by atoms with Crippen LogP contribution in [0.3, 0.4) is 0 Å². The average Bonchev–Trinajstić information content (AvgIpc) is 3.32. The van der Waals surface area contributed by atoms with E-state index >= 15 is 0 Å². The van der Waals surface area contributed by atoms with Gasteiger partial charge in [-0.2, -0.15) is 0 Å². The summed E-state index contributed by atoms with van der Waals surface area (Å²) in [5.41, 5.74) is 3.52. The fraction of sp³-hybridized carbons (Fsp3) is 0.381. The Morgan fingerprint density at radius 1 is 1.29 bits per heavy atom. The number of H-pyrrole nitrogens is 1. The summed E-state index contributed by atoms with van der Waals surface area (Å²) in [6, 6.07) is 9.73. The Hall–Kier alpha value is -3.09. The SMILES string of the molecule is CC(=O)N1CCCC(c2[nH]ccc2C(=O)NCc2nc3ccccc3n2C)C1. The summed E-state index contributed by atoms with van der Waals surface area (Å²) in [5.74, 6) is 0.934. The molecule has 1 aromatic carbocycles. The van der Waals surface area contributed by atoms with E-state index in [0.717, 1.165) is 41.9 Å². The number of benzene rings is 1. The number of aromatic amines is 1. The van der Waals surface area contributed by atoms with Crippen LogP contribution in [-0.2, 0) is 18.4 Å². The number of fused-ring (bicyclic) bond motifs is 1. The molecule has 146 valence electrons. The number of piperidine rings is 1. The van der Waals surface area contributed by atoms with Gasteiger partial charge >= 0.3 is 0 Å². The van der Waals surface area contributed by atoms with Gasteiger partial charge in [-0.25, -0.2) is 4.98 Å². The number of imidazole rings is 1. The molecule has 0 bridgehead atoms. The predicted octanol–water partition coefficient (Wildman–Crippen LogP) is 2.56. The second kappa shape index (κ2) is 7.50. The van der Waals surface area contributed by atoms with Crippen LogP contribution in [0.15, 0.2) is 36.5 Å². The molecular formula is C21H25N5O2. The van der Waals surface area contributed by atoms with Gasteiger partial charge in [-0.3, -0.25) is 9.59 Å². The summed E-state index contributed by atoms with van der Waals surface area (Å²) >= 11 is 0. The zero-order chi connectivity index (χ0) is 19.7. The Labute approximate surface area is 163 Å². The molecule has 1 aliphatic rings. The number of nitrogens with one attached hydrogen (secondary N) is 2. The predicted molar refractivity (Wildman–Crippen MR) is 107 cm³/mol. The molecule has 28 heavy (non-hydrogen) atoms. The number of aromatic nitrogens is 3. The third kappa shape index (κ3) is 3.40. The maximum atomic E-state index is 12.8. The highest BCUT2D eigenvalue weighted by Gasteiger charge is 2.27. The molecule has 3 heterocycles. The van der Waals surface area contributed by atoms with Crippen molar-refractivity contribution in [3.05, 3.63) is 53.6 Å². The second-order valence-electron chi connectivity index (χ2n) is 7.37. The van der Waals surface area contributed by atoms with Crippen LogP contribution < -0.4 is 5.32 Å². The molecule has 3 aromatic rings. The largest absolute Gasteiger partial charge is 0.364 e. The van der Waals surface area contributed by atoms with E-state index in [4.69, 9.17) is 0 Å². The molecule has 2 aromatic heterocycles. The number of carbonyl (C=O) groups is 2. The van der Waals surface area contributed by atoms with Gasteiger partial charge in [0.2, 0.25) is 5.91 Å². The van der Waals surface area contributed by atoms with Crippen LogP contribution in [0.25, 0.3) is 11.0 Å². The lowest BCUT2D eigenvalue weighted by atomic mass is 9.92. The van der Waals surface area contributed by atoms with Crippen molar-refractivity contribution in [3.8, 4) is 0 Å². The number of carbonyl (C=O) groups excluding carboxylic acids is 2. The molecule has 7 nitrogen and oxygen atoms in total. The van der Waals surface area contributed by atoms with Crippen LogP contribution in [0.5, 0.6) is 0 Å². The molecule has 1 unspecified atom stereocenters. The number of rotatable bonds is 4. The highest BCUT2D eigenvalue weighted by atomic mass is 16.2. The van der Waals surface area contributed by atoms with E-state index in [1.165, 1.54) is 0 Å². The monoisotopic (exact) mass is 379 g/mol. The number of nitrogens with zero attached hydrogens (tertiary/aromatic N) is 3. The van der Waals surface area contributed by atoms with Gasteiger partial charge in [0.15, 0.2) is 0 Å². The third-order valence-corrected chi connectivity index (χ3v) is 5.59. The number of aryl methyl sites for hydroxylation is 1. The molecule has 0 saturated carbocycles. The highest BCUT2D eigenvalue weighted by Crippen LogP contribution is 2.28. The molecule has 1 atom stereocenters. The number of likely N-dealkylation sites (tertiary alicyclic amines) is 1. The van der Waals surface area contributed by atoms with Crippen molar-refractivity contribution >= 4 is 22.8 Å². The first-order valence-electron chi connectivity index (χ1n) is 9.66. The van der Waals surface area contributed by atoms with Crippen molar-refractivity contribution in [1.29, 1.82) is 0 Å². The first-order valence-corrected chi connectivity index (χ1v) is 9.66. The van der Waals surface area contributed by atoms with Gasteiger partial charge in [0.25, 0.3) is 5.91 Å². The van der Waals surface area contributed by atoms with E-state index in [-0.39, 0.29) is 17.7 Å². The lowest BCUT2D eigenvalue weighted by Crippen LogP contribution is -2.38. The first-order chi connectivity index (χ1) is 13.5.